The Bertz CT molecular complexity index is 1620. The fourth-order valence-electron chi connectivity index (χ4n) is 4.91. The van der Waals surface area contributed by atoms with Crippen LogP contribution in [-0.4, -0.2) is 53.6 Å². The Balaban J connectivity index is 1.66. The zero-order valence-electron chi connectivity index (χ0n) is 27.4. The molecule has 0 saturated carbocycles. The highest BCUT2D eigenvalue weighted by molar-refractivity contribution is 5.91. The summed E-state index contributed by atoms with van der Waals surface area (Å²) in [5, 5.41) is 0.977. The third-order valence-corrected chi connectivity index (χ3v) is 6.88. The maximum atomic E-state index is 13.7. The van der Waals surface area contributed by atoms with E-state index < -0.39 is 29.4 Å². The molecule has 45 heavy (non-hydrogen) atoms. The highest BCUT2D eigenvalue weighted by atomic mass is 16.6. The third-order valence-electron chi connectivity index (χ3n) is 6.88. The molecule has 1 atom stereocenters. The third kappa shape index (κ3) is 8.99. The summed E-state index contributed by atoms with van der Waals surface area (Å²) in [6.07, 6.45) is 5.53. The monoisotopic (exact) mass is 617 g/mol. The number of carbonyl (C=O) groups is 3. The molecule has 11 nitrogen and oxygen atoms in total. The minimum absolute atomic E-state index is 0.0917. The number of imide groups is 1. The van der Waals surface area contributed by atoms with Crippen molar-refractivity contribution in [1.82, 2.24) is 24.4 Å². The zero-order chi connectivity index (χ0) is 32.9. The summed E-state index contributed by atoms with van der Waals surface area (Å²) in [4.78, 5) is 54.2. The second-order valence-corrected chi connectivity index (χ2v) is 13.2. The van der Waals surface area contributed by atoms with Gasteiger partial charge in [-0.2, -0.15) is 0 Å². The molecule has 0 aliphatic rings. The van der Waals surface area contributed by atoms with Crippen molar-refractivity contribution < 1.29 is 28.3 Å². The summed E-state index contributed by atoms with van der Waals surface area (Å²) in [6.45, 7) is 12.4. The van der Waals surface area contributed by atoms with Crippen molar-refractivity contribution in [3.63, 3.8) is 0 Å². The molecule has 0 saturated heterocycles. The molecule has 0 N–H and O–H groups in total. The minimum Gasteiger partial charge on any atom is -0.443 e. The van der Waals surface area contributed by atoms with E-state index in [1.165, 1.54) is 12.5 Å². The maximum Gasteiger partial charge on any atom is 0.420 e. The molecular formula is C34H43N5O6. The number of pyridine rings is 1. The Morgan fingerprint density at radius 2 is 1.62 bits per heavy atom. The first kappa shape index (κ1) is 33.4. The van der Waals surface area contributed by atoms with Crippen LogP contribution in [0.2, 0.25) is 0 Å². The summed E-state index contributed by atoms with van der Waals surface area (Å²) < 4.78 is 18.3. The van der Waals surface area contributed by atoms with E-state index in [1.54, 1.807) is 41.5 Å². The average molecular weight is 618 g/mol. The SMILES string of the molecule is Cc1ccc2cc(-c3cn(C)c([C@H](CCCCCC(=O)c4ncco4)N(C(=O)OC(C)(C)C)C(=O)OC(C)(C)C)n3)ccc2n1. The summed E-state index contributed by atoms with van der Waals surface area (Å²) in [5.41, 5.74) is 1.67. The number of rotatable bonds is 10. The van der Waals surface area contributed by atoms with Crippen molar-refractivity contribution in [1.29, 1.82) is 0 Å². The van der Waals surface area contributed by atoms with Crippen molar-refractivity contribution in [2.24, 2.45) is 7.05 Å². The number of Topliss-reactive ketones (excluding diaryl/α,β-unsaturated/α-hetero) is 1. The van der Waals surface area contributed by atoms with E-state index in [0.717, 1.165) is 27.1 Å². The molecule has 2 amide bonds. The molecule has 3 heterocycles. The van der Waals surface area contributed by atoms with Gasteiger partial charge in [0, 0.05) is 36.3 Å². The molecule has 0 radical (unpaired) electrons. The van der Waals surface area contributed by atoms with Gasteiger partial charge < -0.3 is 18.5 Å². The van der Waals surface area contributed by atoms with Gasteiger partial charge in [0.15, 0.2) is 0 Å². The molecule has 0 spiro atoms. The number of hydrogen-bond acceptors (Lipinski definition) is 9. The van der Waals surface area contributed by atoms with Crippen LogP contribution in [0.5, 0.6) is 0 Å². The predicted molar refractivity (Wildman–Crippen MR) is 170 cm³/mol. The first-order chi connectivity index (χ1) is 21.1. The van der Waals surface area contributed by atoms with Crippen LogP contribution in [-0.2, 0) is 16.5 Å². The smallest absolute Gasteiger partial charge is 0.420 e. The predicted octanol–water partition coefficient (Wildman–Crippen LogP) is 7.98. The van der Waals surface area contributed by atoms with Gasteiger partial charge in [0.2, 0.25) is 5.78 Å². The lowest BCUT2D eigenvalue weighted by Gasteiger charge is -2.33. The molecule has 0 unspecified atom stereocenters. The summed E-state index contributed by atoms with van der Waals surface area (Å²) in [5.74, 6) is 0.420. The van der Waals surface area contributed by atoms with Crippen LogP contribution in [0.3, 0.4) is 0 Å². The number of hydrogen-bond donors (Lipinski definition) is 0. The fourth-order valence-corrected chi connectivity index (χ4v) is 4.91. The van der Waals surface area contributed by atoms with E-state index in [4.69, 9.17) is 18.9 Å². The van der Waals surface area contributed by atoms with Crippen molar-refractivity contribution in [3.05, 3.63) is 66.4 Å². The molecule has 1 aromatic carbocycles. The van der Waals surface area contributed by atoms with Crippen molar-refractivity contribution in [2.45, 2.75) is 97.8 Å². The molecular weight excluding hydrogens is 574 g/mol. The first-order valence-corrected chi connectivity index (χ1v) is 15.2. The van der Waals surface area contributed by atoms with E-state index in [9.17, 15) is 14.4 Å². The number of benzene rings is 1. The normalized spacial score (nSPS) is 12.6. The Morgan fingerprint density at radius 1 is 0.933 bits per heavy atom. The van der Waals surface area contributed by atoms with Crippen molar-refractivity contribution in [3.8, 4) is 11.3 Å². The molecule has 3 aromatic heterocycles. The highest BCUT2D eigenvalue weighted by Gasteiger charge is 2.39. The Kier molecular flexibility index (Phi) is 10.1. The molecule has 4 rings (SSSR count). The van der Waals surface area contributed by atoms with Crippen LogP contribution in [0.25, 0.3) is 22.2 Å². The fraction of sp³-hybridized carbons (Fsp3) is 0.471. The number of unbranched alkanes of at least 4 members (excludes halogenated alkanes) is 2. The molecule has 0 fully saturated rings. The van der Waals surface area contributed by atoms with E-state index >= 15 is 0 Å². The van der Waals surface area contributed by atoms with Crippen LogP contribution in [0.4, 0.5) is 9.59 Å². The van der Waals surface area contributed by atoms with Gasteiger partial charge in [0.05, 0.1) is 17.4 Å². The van der Waals surface area contributed by atoms with E-state index in [0.29, 0.717) is 37.2 Å². The Labute approximate surface area is 264 Å². The second kappa shape index (κ2) is 13.6. The summed E-state index contributed by atoms with van der Waals surface area (Å²) in [7, 11) is 1.84. The number of nitrogens with zero attached hydrogens (tertiary/aromatic N) is 5. The van der Waals surface area contributed by atoms with Gasteiger partial charge in [-0.25, -0.2) is 24.5 Å². The van der Waals surface area contributed by atoms with Crippen molar-refractivity contribution in [2.75, 3.05) is 0 Å². The van der Waals surface area contributed by atoms with Gasteiger partial charge >= 0.3 is 12.2 Å². The number of fused-ring (bicyclic) bond motifs is 1. The summed E-state index contributed by atoms with van der Waals surface area (Å²) in [6, 6.07) is 9.11. The Hall–Kier alpha value is -4.54. The van der Waals surface area contributed by atoms with Gasteiger partial charge in [-0.15, -0.1) is 0 Å². The lowest BCUT2D eigenvalue weighted by Crippen LogP contribution is -2.46. The molecule has 4 aromatic rings. The lowest BCUT2D eigenvalue weighted by atomic mass is 10.0. The van der Waals surface area contributed by atoms with Gasteiger partial charge in [-0.05, 0) is 79.5 Å². The van der Waals surface area contributed by atoms with E-state index in [2.05, 4.69) is 9.97 Å². The molecule has 0 aliphatic carbocycles. The van der Waals surface area contributed by atoms with Crippen LogP contribution >= 0.6 is 0 Å². The molecule has 240 valence electrons. The van der Waals surface area contributed by atoms with E-state index in [1.807, 2.05) is 55.1 Å². The van der Waals surface area contributed by atoms with E-state index in [-0.39, 0.29) is 18.1 Å². The number of aryl methyl sites for hydroxylation is 2. The second-order valence-electron chi connectivity index (χ2n) is 13.2. The van der Waals surface area contributed by atoms with Crippen LogP contribution in [0.1, 0.15) is 102 Å². The Morgan fingerprint density at radius 3 is 2.24 bits per heavy atom. The highest BCUT2D eigenvalue weighted by Crippen LogP contribution is 2.32. The zero-order valence-corrected chi connectivity index (χ0v) is 27.4. The number of ketones is 1. The van der Waals surface area contributed by atoms with Crippen LogP contribution < -0.4 is 0 Å². The maximum absolute atomic E-state index is 13.7. The number of ether oxygens (including phenoxy) is 2. The lowest BCUT2D eigenvalue weighted by molar-refractivity contribution is -0.00969. The minimum atomic E-state index is -0.855. The standard InChI is InChI=1S/C34H43N5O6/c1-22-14-15-23-20-24(16-17-25(23)36-22)26-21-38(8)29(37-26)27(12-10-9-11-13-28(40)30-35-18-19-43-30)39(31(41)44-33(2,3)4)32(42)45-34(5,6)7/h14-21,27H,9-13H2,1-8H3/t27-/m0/s1. The van der Waals surface area contributed by atoms with Gasteiger partial charge in [-0.1, -0.05) is 25.0 Å². The first-order valence-electron chi connectivity index (χ1n) is 15.2. The number of imidazole rings is 1. The molecule has 0 bridgehead atoms. The van der Waals surface area contributed by atoms with Gasteiger partial charge in [0.1, 0.15) is 29.3 Å². The number of carbonyl (C=O) groups excluding carboxylic acids is 3. The van der Waals surface area contributed by atoms with Crippen LogP contribution in [0.15, 0.2) is 53.4 Å². The molecule has 0 aliphatic heterocycles. The van der Waals surface area contributed by atoms with Gasteiger partial charge in [-0.3, -0.25) is 9.78 Å². The largest absolute Gasteiger partial charge is 0.443 e. The van der Waals surface area contributed by atoms with Crippen molar-refractivity contribution >= 4 is 28.9 Å². The number of amides is 2. The summed E-state index contributed by atoms with van der Waals surface area (Å²) >= 11 is 0. The van der Waals surface area contributed by atoms with Crippen LogP contribution in [0, 0.1) is 6.92 Å². The topological polar surface area (TPSA) is 130 Å². The van der Waals surface area contributed by atoms with Gasteiger partial charge in [0.25, 0.3) is 5.89 Å². The number of aromatic nitrogens is 4. The number of oxazole rings is 1. The molecule has 11 heteroatoms. The quantitative estimate of drug-likeness (QED) is 0.128. The average Bonchev–Trinajstić information content (AvgIpc) is 3.60.